The van der Waals surface area contributed by atoms with Crippen LogP contribution in [0, 0.1) is 5.92 Å². The summed E-state index contributed by atoms with van der Waals surface area (Å²) in [5.74, 6) is 2.86. The monoisotopic (exact) mass is 172 g/mol. The molecule has 1 heterocycles. The van der Waals surface area contributed by atoms with Crippen LogP contribution in [0.15, 0.2) is 11.6 Å². The summed E-state index contributed by atoms with van der Waals surface area (Å²) in [6.45, 7) is 4.07. The highest BCUT2D eigenvalue weighted by Crippen LogP contribution is 2.26. The number of aliphatic hydroxyl groups excluding tert-OH is 1. The molecular weight excluding hydrogens is 156 g/mol. The number of hydrogen-bond acceptors (Lipinski definition) is 2. The maximum atomic E-state index is 9.63. The summed E-state index contributed by atoms with van der Waals surface area (Å²) in [6, 6.07) is 0. The van der Waals surface area contributed by atoms with Crippen molar-refractivity contribution in [2.45, 2.75) is 26.4 Å². The number of hydrogen-bond donors (Lipinski definition) is 1. The summed E-state index contributed by atoms with van der Waals surface area (Å²) in [4.78, 5) is 0. The van der Waals surface area contributed by atoms with Crippen molar-refractivity contribution >= 4 is 11.8 Å². The van der Waals surface area contributed by atoms with Gasteiger partial charge < -0.3 is 5.11 Å². The molecule has 1 rings (SSSR count). The zero-order valence-electron chi connectivity index (χ0n) is 7.21. The summed E-state index contributed by atoms with van der Waals surface area (Å²) in [5, 5.41) is 9.63. The van der Waals surface area contributed by atoms with Gasteiger partial charge in [0.1, 0.15) is 0 Å². The van der Waals surface area contributed by atoms with E-state index in [0.29, 0.717) is 5.92 Å². The minimum absolute atomic E-state index is 0.199. The molecule has 0 spiro atoms. The molecule has 0 aromatic heterocycles. The molecule has 2 atom stereocenters. The average Bonchev–Trinajstić information content (AvgIpc) is 2.35. The van der Waals surface area contributed by atoms with E-state index in [9.17, 15) is 5.11 Å². The first-order valence-electron chi connectivity index (χ1n) is 4.11. The summed E-state index contributed by atoms with van der Waals surface area (Å²) in [5.41, 5.74) is 1.22. The largest absolute Gasteiger partial charge is 0.389 e. The first-order chi connectivity index (χ1) is 5.20. The highest BCUT2D eigenvalue weighted by atomic mass is 32.2. The van der Waals surface area contributed by atoms with Crippen LogP contribution < -0.4 is 0 Å². The lowest BCUT2D eigenvalue weighted by Gasteiger charge is -2.12. The molecule has 1 nitrogen and oxygen atoms in total. The van der Waals surface area contributed by atoms with Crippen molar-refractivity contribution in [2.24, 2.45) is 5.92 Å². The van der Waals surface area contributed by atoms with E-state index >= 15 is 0 Å². The number of thioether (sulfide) groups is 1. The van der Waals surface area contributed by atoms with Gasteiger partial charge in [-0.3, -0.25) is 0 Å². The molecule has 0 bridgehead atoms. The van der Waals surface area contributed by atoms with Crippen molar-refractivity contribution in [3.8, 4) is 0 Å². The highest BCUT2D eigenvalue weighted by molar-refractivity contribution is 7.99. The molecule has 0 aromatic carbocycles. The Labute approximate surface area is 72.9 Å². The van der Waals surface area contributed by atoms with E-state index in [1.807, 2.05) is 31.7 Å². The smallest absolute Gasteiger partial charge is 0.0759 e. The van der Waals surface area contributed by atoms with E-state index in [0.717, 1.165) is 5.75 Å². The normalized spacial score (nSPS) is 26.6. The standard InChI is InChI=1S/C9H16OS/c1-7(2)5-9(10)8-3-4-11-6-8/h5,8-10H,3-4,6H2,1-2H3. The third-order valence-corrected chi connectivity index (χ3v) is 3.14. The minimum atomic E-state index is -0.199. The van der Waals surface area contributed by atoms with Gasteiger partial charge >= 0.3 is 0 Å². The lowest BCUT2D eigenvalue weighted by atomic mass is 10.0. The summed E-state index contributed by atoms with van der Waals surface area (Å²) < 4.78 is 0. The SMILES string of the molecule is CC(C)=CC(O)C1CCSC1. The van der Waals surface area contributed by atoms with Crippen LogP contribution in [0.4, 0.5) is 0 Å². The maximum absolute atomic E-state index is 9.63. The molecule has 1 aliphatic rings. The van der Waals surface area contributed by atoms with E-state index in [2.05, 4.69) is 0 Å². The number of rotatable bonds is 2. The van der Waals surface area contributed by atoms with Gasteiger partial charge in [0.05, 0.1) is 6.10 Å². The van der Waals surface area contributed by atoms with Gasteiger partial charge in [-0.05, 0) is 37.7 Å². The highest BCUT2D eigenvalue weighted by Gasteiger charge is 2.21. The maximum Gasteiger partial charge on any atom is 0.0759 e. The van der Waals surface area contributed by atoms with Gasteiger partial charge in [0, 0.05) is 0 Å². The first-order valence-corrected chi connectivity index (χ1v) is 5.26. The molecule has 0 amide bonds. The van der Waals surface area contributed by atoms with Crippen LogP contribution >= 0.6 is 11.8 Å². The first kappa shape index (κ1) is 9.14. The Morgan fingerprint density at radius 2 is 2.36 bits per heavy atom. The van der Waals surface area contributed by atoms with Crippen LogP contribution in [-0.4, -0.2) is 22.7 Å². The van der Waals surface area contributed by atoms with Crippen molar-refractivity contribution in [1.82, 2.24) is 0 Å². The van der Waals surface area contributed by atoms with Crippen molar-refractivity contribution < 1.29 is 5.11 Å². The predicted octanol–water partition coefficient (Wildman–Crippen LogP) is 2.07. The van der Waals surface area contributed by atoms with Crippen molar-refractivity contribution in [3.05, 3.63) is 11.6 Å². The van der Waals surface area contributed by atoms with Gasteiger partial charge in [0.2, 0.25) is 0 Å². The van der Waals surface area contributed by atoms with E-state index < -0.39 is 0 Å². The van der Waals surface area contributed by atoms with Crippen LogP contribution in [0.3, 0.4) is 0 Å². The summed E-state index contributed by atoms with van der Waals surface area (Å²) >= 11 is 1.95. The molecule has 64 valence electrons. The van der Waals surface area contributed by atoms with E-state index in [1.165, 1.54) is 17.7 Å². The quantitative estimate of drug-likeness (QED) is 0.643. The Balaban J connectivity index is 2.40. The molecule has 0 aliphatic carbocycles. The Morgan fingerprint density at radius 1 is 1.64 bits per heavy atom. The molecule has 1 saturated heterocycles. The molecule has 2 heteroatoms. The Kier molecular flexibility index (Phi) is 3.46. The molecule has 11 heavy (non-hydrogen) atoms. The second-order valence-electron chi connectivity index (χ2n) is 3.36. The van der Waals surface area contributed by atoms with Crippen molar-refractivity contribution in [1.29, 1.82) is 0 Å². The minimum Gasteiger partial charge on any atom is -0.389 e. The molecule has 0 radical (unpaired) electrons. The third kappa shape index (κ3) is 2.88. The molecule has 1 fully saturated rings. The predicted molar refractivity (Wildman–Crippen MR) is 50.9 cm³/mol. The molecular formula is C9H16OS. The summed E-state index contributed by atoms with van der Waals surface area (Å²) in [7, 11) is 0. The molecule has 2 unspecified atom stereocenters. The van der Waals surface area contributed by atoms with Crippen LogP contribution in [-0.2, 0) is 0 Å². The second-order valence-corrected chi connectivity index (χ2v) is 4.51. The number of aliphatic hydroxyl groups is 1. The zero-order chi connectivity index (χ0) is 8.27. The number of allylic oxidation sites excluding steroid dienone is 1. The van der Waals surface area contributed by atoms with Crippen molar-refractivity contribution in [2.75, 3.05) is 11.5 Å². The van der Waals surface area contributed by atoms with Gasteiger partial charge in [-0.25, -0.2) is 0 Å². The van der Waals surface area contributed by atoms with Crippen LogP contribution in [0.1, 0.15) is 20.3 Å². The van der Waals surface area contributed by atoms with E-state index in [-0.39, 0.29) is 6.10 Å². The lowest BCUT2D eigenvalue weighted by Crippen LogP contribution is -2.17. The van der Waals surface area contributed by atoms with Gasteiger partial charge in [-0.2, -0.15) is 11.8 Å². The van der Waals surface area contributed by atoms with Gasteiger partial charge in [-0.1, -0.05) is 11.6 Å². The Hall–Kier alpha value is 0.0500. The zero-order valence-corrected chi connectivity index (χ0v) is 8.03. The molecule has 0 aromatic rings. The second kappa shape index (κ2) is 4.17. The molecule has 0 saturated carbocycles. The van der Waals surface area contributed by atoms with E-state index in [4.69, 9.17) is 0 Å². The average molecular weight is 172 g/mol. The fraction of sp³-hybridized carbons (Fsp3) is 0.778. The summed E-state index contributed by atoms with van der Waals surface area (Å²) in [6.07, 6.45) is 2.95. The topological polar surface area (TPSA) is 20.2 Å². The Bertz CT molecular complexity index is 144. The van der Waals surface area contributed by atoms with E-state index in [1.54, 1.807) is 0 Å². The van der Waals surface area contributed by atoms with Crippen LogP contribution in [0.2, 0.25) is 0 Å². The fourth-order valence-corrected chi connectivity index (χ4v) is 2.60. The van der Waals surface area contributed by atoms with Crippen LogP contribution in [0.5, 0.6) is 0 Å². The van der Waals surface area contributed by atoms with Gasteiger partial charge in [0.15, 0.2) is 0 Å². The Morgan fingerprint density at radius 3 is 2.82 bits per heavy atom. The van der Waals surface area contributed by atoms with Crippen LogP contribution in [0.25, 0.3) is 0 Å². The third-order valence-electron chi connectivity index (χ3n) is 1.95. The molecule has 1 aliphatic heterocycles. The van der Waals surface area contributed by atoms with Crippen molar-refractivity contribution in [3.63, 3.8) is 0 Å². The lowest BCUT2D eigenvalue weighted by molar-refractivity contribution is 0.165. The molecule has 1 N–H and O–H groups in total. The fourth-order valence-electron chi connectivity index (χ4n) is 1.30. The van der Waals surface area contributed by atoms with Gasteiger partial charge in [-0.15, -0.1) is 0 Å². The van der Waals surface area contributed by atoms with Gasteiger partial charge in [0.25, 0.3) is 0 Å².